The van der Waals surface area contributed by atoms with Crippen molar-refractivity contribution in [1.29, 1.82) is 0 Å². The van der Waals surface area contributed by atoms with E-state index in [2.05, 4.69) is 17.0 Å². The molecule has 0 spiro atoms. The van der Waals surface area contributed by atoms with Crippen LogP contribution in [0.1, 0.15) is 46.5 Å². The van der Waals surface area contributed by atoms with Gasteiger partial charge < -0.3 is 10.1 Å². The molecule has 102 valence electrons. The molecule has 2 fully saturated rings. The Hall–Kier alpha value is -0.140. The molecule has 0 aromatic rings. The van der Waals surface area contributed by atoms with Crippen molar-refractivity contribution in [2.45, 2.75) is 58.3 Å². The summed E-state index contributed by atoms with van der Waals surface area (Å²) in [6, 6.07) is 0.881. The van der Waals surface area contributed by atoms with E-state index in [1.54, 1.807) is 0 Å². The fourth-order valence-electron chi connectivity index (χ4n) is 1.89. The molecule has 17 heavy (non-hydrogen) atoms. The Kier molecular flexibility index (Phi) is 10.9. The van der Waals surface area contributed by atoms with Crippen LogP contribution in [-0.2, 0) is 9.53 Å². The number of carbonyl (C=O) groups excluding carboxylic acids is 1. The average Bonchev–Trinajstić information content (AvgIpc) is 3.19. The number of methoxy groups -OCH3 is 1. The summed E-state index contributed by atoms with van der Waals surface area (Å²) in [5.41, 5.74) is 0. The molecule has 0 amide bonds. The van der Waals surface area contributed by atoms with E-state index >= 15 is 0 Å². The highest BCUT2D eigenvalue weighted by atomic mass is 31.1. The second-order valence-electron chi connectivity index (χ2n) is 4.42. The van der Waals surface area contributed by atoms with Crippen molar-refractivity contribution in [3.63, 3.8) is 0 Å². The maximum atomic E-state index is 8.95. The smallest absolute Gasteiger partial charge is 0.292 e. The zero-order chi connectivity index (χ0) is 13.1. The Morgan fingerprint density at radius 2 is 1.71 bits per heavy atom. The molecule has 1 heterocycles. The first-order valence-electron chi connectivity index (χ1n) is 6.72. The van der Waals surface area contributed by atoms with Gasteiger partial charge in [0.1, 0.15) is 0 Å². The van der Waals surface area contributed by atoms with Crippen LogP contribution in [0, 0.1) is 5.92 Å². The predicted octanol–water partition coefficient (Wildman–Crippen LogP) is 2.99. The fraction of sp³-hybridized carbons (Fsp3) is 0.923. The van der Waals surface area contributed by atoms with Crippen molar-refractivity contribution in [1.82, 2.24) is 5.32 Å². The van der Waals surface area contributed by atoms with Gasteiger partial charge in [-0.1, -0.05) is 20.8 Å². The van der Waals surface area contributed by atoms with E-state index < -0.39 is 0 Å². The lowest BCUT2D eigenvalue weighted by molar-refractivity contribution is -0.126. The highest BCUT2D eigenvalue weighted by Gasteiger charge is 2.26. The van der Waals surface area contributed by atoms with E-state index in [4.69, 9.17) is 4.79 Å². The predicted molar refractivity (Wildman–Crippen MR) is 75.9 cm³/mol. The summed E-state index contributed by atoms with van der Waals surface area (Å²) in [4.78, 5) is 8.95. The minimum Gasteiger partial charge on any atom is -0.471 e. The quantitative estimate of drug-likeness (QED) is 0.627. The number of hydrogen-bond donors (Lipinski definition) is 1. The van der Waals surface area contributed by atoms with Crippen molar-refractivity contribution in [2.75, 3.05) is 13.3 Å². The highest BCUT2D eigenvalue weighted by Crippen LogP contribution is 2.37. The van der Waals surface area contributed by atoms with Crippen molar-refractivity contribution < 1.29 is 9.53 Å². The average molecular weight is 261 g/mol. The van der Waals surface area contributed by atoms with E-state index in [0.717, 1.165) is 17.7 Å². The van der Waals surface area contributed by atoms with E-state index in [1.165, 1.54) is 47.5 Å². The van der Waals surface area contributed by atoms with Crippen LogP contribution < -0.4 is 5.32 Å². The Labute approximate surface area is 108 Å². The van der Waals surface area contributed by atoms with Gasteiger partial charge >= 0.3 is 0 Å². The summed E-state index contributed by atoms with van der Waals surface area (Å²) in [6.07, 6.45) is 7.23. The van der Waals surface area contributed by atoms with Crippen LogP contribution >= 0.6 is 8.58 Å². The van der Waals surface area contributed by atoms with Crippen LogP contribution in [0.5, 0.6) is 0 Å². The minimum absolute atomic E-state index is 0.375. The van der Waals surface area contributed by atoms with Gasteiger partial charge in [-0.15, -0.1) is 8.58 Å². The minimum atomic E-state index is 0.375. The molecule has 1 aliphatic carbocycles. The molecule has 1 N–H and O–H groups in total. The zero-order valence-corrected chi connectivity index (χ0v) is 12.7. The summed E-state index contributed by atoms with van der Waals surface area (Å²) in [6.45, 7) is 6.76. The van der Waals surface area contributed by atoms with Gasteiger partial charge in [0.2, 0.25) is 0 Å². The topological polar surface area (TPSA) is 38.3 Å². The van der Waals surface area contributed by atoms with Crippen LogP contribution in [0.2, 0.25) is 0 Å². The van der Waals surface area contributed by atoms with Crippen LogP contribution in [-0.4, -0.2) is 31.6 Å². The van der Waals surface area contributed by atoms with E-state index in [1.807, 2.05) is 13.8 Å². The molecule has 0 aromatic carbocycles. The van der Waals surface area contributed by atoms with Crippen molar-refractivity contribution in [2.24, 2.45) is 5.92 Å². The zero-order valence-electron chi connectivity index (χ0n) is 11.7. The van der Waals surface area contributed by atoms with Crippen LogP contribution in [0.3, 0.4) is 0 Å². The molecule has 4 heteroatoms. The largest absolute Gasteiger partial charge is 0.471 e. The third-order valence-electron chi connectivity index (χ3n) is 2.96. The number of nitrogens with one attached hydrogen (secondary N) is 1. The van der Waals surface area contributed by atoms with Gasteiger partial charge in [0, 0.05) is 11.8 Å². The molecule has 2 rings (SSSR count). The van der Waals surface area contributed by atoms with E-state index in [9.17, 15) is 0 Å². The van der Waals surface area contributed by atoms with Gasteiger partial charge in [0.15, 0.2) is 0 Å². The van der Waals surface area contributed by atoms with Gasteiger partial charge in [-0.25, -0.2) is 0 Å². The lowest BCUT2D eigenvalue weighted by Crippen LogP contribution is -2.34. The number of hydrogen-bond acceptors (Lipinski definition) is 3. The van der Waals surface area contributed by atoms with Crippen molar-refractivity contribution in [3.8, 4) is 0 Å². The number of ether oxygens (including phenoxy) is 1. The van der Waals surface area contributed by atoms with Gasteiger partial charge in [0.05, 0.1) is 7.11 Å². The summed E-state index contributed by atoms with van der Waals surface area (Å²) in [7, 11) is 2.54. The van der Waals surface area contributed by atoms with Crippen molar-refractivity contribution >= 4 is 15.1 Å². The molecule has 3 nitrogen and oxygen atoms in total. The Morgan fingerprint density at radius 3 is 2.06 bits per heavy atom. The SMILES string of the molecule is CC.CC1CCC(NC2CP2)CC1.COC=O. The molecular weight excluding hydrogens is 233 g/mol. The molecular formula is C13H28NO2P. The van der Waals surface area contributed by atoms with Gasteiger partial charge in [-0.3, -0.25) is 4.79 Å². The fourth-order valence-corrected chi connectivity index (χ4v) is 2.48. The number of carbonyl (C=O) groups is 1. The van der Waals surface area contributed by atoms with Crippen LogP contribution in [0.15, 0.2) is 0 Å². The molecule has 2 unspecified atom stereocenters. The lowest BCUT2D eigenvalue weighted by Gasteiger charge is -2.26. The standard InChI is InChI=1S/C9H18NP.C2H4O2.C2H6/c1-7-2-4-8(5-3-7)10-9-6-11-9;1-4-2-3;1-2/h7-11H,2-6H2,1H3;2H,1H3;1-2H3. The van der Waals surface area contributed by atoms with Crippen LogP contribution in [0.4, 0.5) is 0 Å². The van der Waals surface area contributed by atoms with E-state index in [0.29, 0.717) is 6.47 Å². The Balaban J connectivity index is 0.000000368. The maximum absolute atomic E-state index is 8.95. The second-order valence-corrected chi connectivity index (χ2v) is 5.93. The second kappa shape index (κ2) is 11.0. The maximum Gasteiger partial charge on any atom is 0.292 e. The van der Waals surface area contributed by atoms with Crippen molar-refractivity contribution in [3.05, 3.63) is 0 Å². The monoisotopic (exact) mass is 261 g/mol. The summed E-state index contributed by atoms with van der Waals surface area (Å²) < 4.78 is 3.86. The first kappa shape index (κ1) is 16.9. The molecule has 0 bridgehead atoms. The van der Waals surface area contributed by atoms with Gasteiger partial charge in [-0.05, 0) is 37.8 Å². The van der Waals surface area contributed by atoms with Gasteiger partial charge in [0.25, 0.3) is 6.47 Å². The summed E-state index contributed by atoms with van der Waals surface area (Å²) in [5, 5.41) is 3.73. The van der Waals surface area contributed by atoms with E-state index in [-0.39, 0.29) is 0 Å². The molecule has 2 atom stereocenters. The molecule has 0 radical (unpaired) electrons. The molecule has 1 aliphatic heterocycles. The first-order chi connectivity index (χ1) is 8.26. The third kappa shape index (κ3) is 9.55. The molecule has 1 saturated carbocycles. The summed E-state index contributed by atoms with van der Waals surface area (Å²) >= 11 is 0. The molecule has 2 aliphatic rings. The van der Waals surface area contributed by atoms with Gasteiger partial charge in [-0.2, -0.15) is 0 Å². The molecule has 0 aromatic heterocycles. The molecule has 1 saturated heterocycles. The number of rotatable bonds is 3. The lowest BCUT2D eigenvalue weighted by atomic mass is 9.87. The normalized spacial score (nSPS) is 31.4. The summed E-state index contributed by atoms with van der Waals surface area (Å²) in [5.74, 6) is 1.93. The highest BCUT2D eigenvalue weighted by molar-refractivity contribution is 7.47. The Bertz CT molecular complexity index is 178. The first-order valence-corrected chi connectivity index (χ1v) is 8.00. The Morgan fingerprint density at radius 1 is 1.24 bits per heavy atom. The van der Waals surface area contributed by atoms with Crippen LogP contribution in [0.25, 0.3) is 0 Å². The third-order valence-corrected chi connectivity index (χ3v) is 3.94.